The Morgan fingerprint density at radius 3 is 2.44 bits per heavy atom. The van der Waals surface area contributed by atoms with Crippen molar-refractivity contribution in [1.29, 1.82) is 0 Å². The predicted molar refractivity (Wildman–Crippen MR) is 137 cm³/mol. The fraction of sp³-hybridized carbons (Fsp3) is 0.679. The summed E-state index contributed by atoms with van der Waals surface area (Å²) in [6, 6.07) is 5.65. The van der Waals surface area contributed by atoms with Crippen molar-refractivity contribution >= 4 is 23.5 Å². The van der Waals surface area contributed by atoms with Gasteiger partial charge in [0.1, 0.15) is 6.04 Å². The van der Waals surface area contributed by atoms with Crippen LogP contribution in [-0.2, 0) is 14.3 Å². The van der Waals surface area contributed by atoms with Crippen LogP contribution < -0.4 is 11.1 Å². The van der Waals surface area contributed by atoms with Gasteiger partial charge in [0.25, 0.3) is 0 Å². The second kappa shape index (κ2) is 12.2. The number of nitrogens with two attached hydrogens (primary N) is 1. The summed E-state index contributed by atoms with van der Waals surface area (Å²) in [6.45, 7) is 5.12. The van der Waals surface area contributed by atoms with Crippen molar-refractivity contribution in [3.8, 4) is 0 Å². The summed E-state index contributed by atoms with van der Waals surface area (Å²) in [5.74, 6) is 0.593. The highest BCUT2D eigenvalue weighted by molar-refractivity contribution is 5.98. The van der Waals surface area contributed by atoms with Gasteiger partial charge in [-0.15, -0.1) is 0 Å². The van der Waals surface area contributed by atoms with Crippen molar-refractivity contribution in [3.63, 3.8) is 0 Å². The van der Waals surface area contributed by atoms with Gasteiger partial charge >= 0.3 is 5.97 Å². The third kappa shape index (κ3) is 6.27. The standard InChI is InChI=1S/C28H41N3O5/c1-18-12-14-36-13-2-3-24(18)22-15-25(26(32)30-23-10-8-21(9-11-23)28(34)35)31(17-22)27(33)20-6-4-19(16-29)5-7-20/h8-11,18-20,22,24-25H,2-7,12-17,29H2,1H3,(H,30,32)(H,34,35)/t18?,19-,20-,22-,24?,25-/m0/s1. The Morgan fingerprint density at radius 1 is 1.06 bits per heavy atom. The van der Waals surface area contributed by atoms with Crippen LogP contribution in [0.15, 0.2) is 24.3 Å². The molecular formula is C28H41N3O5. The number of nitrogens with one attached hydrogen (secondary N) is 1. The van der Waals surface area contributed by atoms with E-state index in [1.54, 1.807) is 12.1 Å². The van der Waals surface area contributed by atoms with E-state index in [0.717, 1.165) is 58.2 Å². The normalized spacial score (nSPS) is 31.3. The topological polar surface area (TPSA) is 122 Å². The molecule has 1 saturated carbocycles. The van der Waals surface area contributed by atoms with E-state index in [2.05, 4.69) is 12.2 Å². The van der Waals surface area contributed by atoms with Gasteiger partial charge in [0.05, 0.1) is 5.56 Å². The molecule has 2 amide bonds. The van der Waals surface area contributed by atoms with Crippen LogP contribution >= 0.6 is 0 Å². The van der Waals surface area contributed by atoms with Gasteiger partial charge in [-0.2, -0.15) is 0 Å². The lowest BCUT2D eigenvalue weighted by molar-refractivity contribution is -0.141. The fourth-order valence-corrected chi connectivity index (χ4v) is 6.46. The number of carboxylic acid groups (broad SMARTS) is 1. The highest BCUT2D eigenvalue weighted by Crippen LogP contribution is 2.40. The van der Waals surface area contributed by atoms with E-state index in [9.17, 15) is 14.4 Å². The molecule has 4 rings (SSSR count). The quantitative estimate of drug-likeness (QED) is 0.548. The first-order chi connectivity index (χ1) is 17.4. The van der Waals surface area contributed by atoms with Crippen LogP contribution in [-0.4, -0.2) is 60.1 Å². The SMILES string of the molecule is CC1CCOCCCC1[C@H]1C[C@@H](C(=O)Nc2ccc(C(=O)O)cc2)N(C(=O)[C@H]2CC[C@H](CN)CC2)C1. The number of rotatable bonds is 6. The molecule has 0 aromatic heterocycles. The first-order valence-electron chi connectivity index (χ1n) is 13.6. The van der Waals surface area contributed by atoms with Crippen molar-refractivity contribution in [2.45, 2.75) is 64.3 Å². The first-order valence-corrected chi connectivity index (χ1v) is 13.6. The number of hydrogen-bond donors (Lipinski definition) is 3. The summed E-state index contributed by atoms with van der Waals surface area (Å²) in [5.41, 5.74) is 6.57. The molecule has 1 aromatic carbocycles. The minimum Gasteiger partial charge on any atom is -0.478 e. The Bertz CT molecular complexity index is 912. The molecule has 2 aliphatic heterocycles. The Kier molecular flexibility index (Phi) is 9.01. The number of aromatic carboxylic acids is 1. The van der Waals surface area contributed by atoms with Gasteiger partial charge in [-0.3, -0.25) is 9.59 Å². The third-order valence-electron chi connectivity index (χ3n) is 8.73. The third-order valence-corrected chi connectivity index (χ3v) is 8.73. The summed E-state index contributed by atoms with van der Waals surface area (Å²) >= 11 is 0. The second-order valence-electron chi connectivity index (χ2n) is 11.0. The van der Waals surface area contributed by atoms with Crippen LogP contribution in [0.3, 0.4) is 0 Å². The summed E-state index contributed by atoms with van der Waals surface area (Å²) in [7, 11) is 0. The summed E-state index contributed by atoms with van der Waals surface area (Å²) < 4.78 is 5.69. The molecule has 0 bridgehead atoms. The van der Waals surface area contributed by atoms with E-state index in [-0.39, 0.29) is 29.2 Å². The van der Waals surface area contributed by atoms with E-state index in [4.69, 9.17) is 15.6 Å². The number of carboxylic acids is 1. The fourth-order valence-electron chi connectivity index (χ4n) is 6.46. The van der Waals surface area contributed by atoms with E-state index < -0.39 is 12.0 Å². The van der Waals surface area contributed by atoms with Crippen LogP contribution in [0.4, 0.5) is 5.69 Å². The Morgan fingerprint density at radius 2 is 1.78 bits per heavy atom. The number of carbonyl (C=O) groups is 3. The van der Waals surface area contributed by atoms with Gasteiger partial charge in [-0.1, -0.05) is 6.92 Å². The number of nitrogens with zero attached hydrogens (tertiary/aromatic N) is 1. The van der Waals surface area contributed by atoms with Gasteiger partial charge in [0.2, 0.25) is 11.8 Å². The smallest absolute Gasteiger partial charge is 0.335 e. The average Bonchev–Trinajstić information content (AvgIpc) is 3.31. The summed E-state index contributed by atoms with van der Waals surface area (Å²) in [4.78, 5) is 40.3. The molecule has 198 valence electrons. The summed E-state index contributed by atoms with van der Waals surface area (Å²) in [6.07, 6.45) is 7.35. The lowest BCUT2D eigenvalue weighted by Crippen LogP contribution is -2.46. The first kappa shape index (κ1) is 26.6. The number of ether oxygens (including phenoxy) is 1. The van der Waals surface area contributed by atoms with Crippen molar-refractivity contribution in [2.75, 3.05) is 31.6 Å². The van der Waals surface area contributed by atoms with Gasteiger partial charge < -0.3 is 25.8 Å². The lowest BCUT2D eigenvalue weighted by Gasteiger charge is -2.33. The van der Waals surface area contributed by atoms with Crippen LogP contribution in [0, 0.1) is 29.6 Å². The average molecular weight is 500 g/mol. The van der Waals surface area contributed by atoms with Gasteiger partial charge in [-0.25, -0.2) is 4.79 Å². The Labute approximate surface area is 213 Å². The van der Waals surface area contributed by atoms with Crippen LogP contribution in [0.2, 0.25) is 0 Å². The Hall–Kier alpha value is -2.45. The van der Waals surface area contributed by atoms with Crippen molar-refractivity contribution < 1.29 is 24.2 Å². The second-order valence-corrected chi connectivity index (χ2v) is 11.0. The minimum atomic E-state index is -1.01. The number of anilines is 1. The molecule has 36 heavy (non-hydrogen) atoms. The minimum absolute atomic E-state index is 0.0418. The van der Waals surface area contributed by atoms with Crippen LogP contribution in [0.5, 0.6) is 0 Å². The number of hydrogen-bond acceptors (Lipinski definition) is 5. The van der Waals surface area contributed by atoms with E-state index in [1.807, 2.05) is 4.90 Å². The molecule has 8 heteroatoms. The van der Waals surface area contributed by atoms with Crippen LogP contribution in [0.1, 0.15) is 68.6 Å². The maximum absolute atomic E-state index is 13.7. The molecule has 3 fully saturated rings. The van der Waals surface area contributed by atoms with Crippen molar-refractivity contribution in [1.82, 2.24) is 4.90 Å². The molecule has 2 unspecified atom stereocenters. The highest BCUT2D eigenvalue weighted by atomic mass is 16.5. The molecular weight excluding hydrogens is 458 g/mol. The lowest BCUT2D eigenvalue weighted by atomic mass is 9.76. The molecule has 0 spiro atoms. The largest absolute Gasteiger partial charge is 0.478 e. The molecule has 0 radical (unpaired) electrons. The predicted octanol–water partition coefficient (Wildman–Crippen LogP) is 3.76. The molecule has 1 aromatic rings. The highest BCUT2D eigenvalue weighted by Gasteiger charge is 2.45. The van der Waals surface area contributed by atoms with Crippen LogP contribution in [0.25, 0.3) is 0 Å². The number of carbonyl (C=O) groups excluding carboxylic acids is 2. The number of likely N-dealkylation sites (tertiary alicyclic amines) is 1. The zero-order valence-electron chi connectivity index (χ0n) is 21.4. The van der Waals surface area contributed by atoms with Gasteiger partial charge in [-0.05, 0) is 106 Å². The van der Waals surface area contributed by atoms with E-state index in [0.29, 0.717) is 43.0 Å². The maximum Gasteiger partial charge on any atom is 0.335 e. The zero-order valence-corrected chi connectivity index (χ0v) is 21.4. The number of amides is 2. The molecule has 3 aliphatic rings. The molecule has 4 atom stereocenters. The molecule has 4 N–H and O–H groups in total. The van der Waals surface area contributed by atoms with Crippen molar-refractivity contribution in [3.05, 3.63) is 29.8 Å². The van der Waals surface area contributed by atoms with Crippen molar-refractivity contribution in [2.24, 2.45) is 35.3 Å². The summed E-state index contributed by atoms with van der Waals surface area (Å²) in [5, 5.41) is 12.1. The van der Waals surface area contributed by atoms with E-state index >= 15 is 0 Å². The molecule has 1 aliphatic carbocycles. The monoisotopic (exact) mass is 499 g/mol. The maximum atomic E-state index is 13.7. The number of benzene rings is 1. The molecule has 8 nitrogen and oxygen atoms in total. The molecule has 2 saturated heterocycles. The Balaban J connectivity index is 1.50. The zero-order chi connectivity index (χ0) is 25.7. The van der Waals surface area contributed by atoms with Gasteiger partial charge in [0.15, 0.2) is 0 Å². The van der Waals surface area contributed by atoms with E-state index in [1.165, 1.54) is 12.1 Å². The van der Waals surface area contributed by atoms with Gasteiger partial charge in [0, 0.05) is 31.4 Å². The molecule has 2 heterocycles.